The molecule has 3 aromatic rings. The van der Waals surface area contributed by atoms with Crippen molar-refractivity contribution in [2.45, 2.75) is 0 Å². The summed E-state index contributed by atoms with van der Waals surface area (Å²) in [6.07, 6.45) is 1.62. The molecule has 0 bridgehead atoms. The number of hydrogen-bond acceptors (Lipinski definition) is 4. The lowest BCUT2D eigenvalue weighted by molar-refractivity contribution is -0.120. The van der Waals surface area contributed by atoms with Crippen molar-refractivity contribution in [3.05, 3.63) is 94.5 Å². The summed E-state index contributed by atoms with van der Waals surface area (Å²) in [5, 5.41) is 0.119. The van der Waals surface area contributed by atoms with Crippen LogP contribution in [-0.2, 0) is 9.59 Å². The molecular formula is C25H20BrN3O2S. The largest absolute Gasteiger partial charge is 0.378 e. The maximum atomic E-state index is 13.5. The minimum Gasteiger partial charge on any atom is -0.378 e. The molecule has 0 aromatic heterocycles. The van der Waals surface area contributed by atoms with E-state index in [1.165, 1.54) is 9.80 Å². The third kappa shape index (κ3) is 4.22. The molecule has 1 saturated heterocycles. The van der Waals surface area contributed by atoms with Crippen LogP contribution in [0.25, 0.3) is 6.08 Å². The van der Waals surface area contributed by atoms with Crippen molar-refractivity contribution in [1.82, 2.24) is 0 Å². The van der Waals surface area contributed by atoms with Gasteiger partial charge in [0.25, 0.3) is 11.8 Å². The molecule has 1 aliphatic rings. The van der Waals surface area contributed by atoms with E-state index in [0.717, 1.165) is 15.7 Å². The van der Waals surface area contributed by atoms with E-state index in [4.69, 9.17) is 12.2 Å². The van der Waals surface area contributed by atoms with Gasteiger partial charge in [0.05, 0.1) is 11.4 Å². The van der Waals surface area contributed by atoms with Crippen LogP contribution >= 0.6 is 28.1 Å². The second-order valence-corrected chi connectivity index (χ2v) is 8.70. The van der Waals surface area contributed by atoms with Gasteiger partial charge in [-0.05, 0) is 72.4 Å². The topological polar surface area (TPSA) is 43.9 Å². The van der Waals surface area contributed by atoms with Crippen LogP contribution < -0.4 is 14.7 Å². The minimum absolute atomic E-state index is 0.0444. The number of thiocarbonyl (C=S) groups is 1. The number of para-hydroxylation sites is 1. The van der Waals surface area contributed by atoms with E-state index in [1.54, 1.807) is 30.3 Å². The second kappa shape index (κ2) is 9.06. The van der Waals surface area contributed by atoms with Crippen molar-refractivity contribution in [2.75, 3.05) is 28.8 Å². The Morgan fingerprint density at radius 2 is 1.31 bits per heavy atom. The van der Waals surface area contributed by atoms with Crippen molar-refractivity contribution in [1.29, 1.82) is 0 Å². The molecule has 1 aliphatic heterocycles. The summed E-state index contributed by atoms with van der Waals surface area (Å²) in [5.74, 6) is -0.901. The number of hydrogen-bond donors (Lipinski definition) is 0. The van der Waals surface area contributed by atoms with Crippen molar-refractivity contribution >= 4 is 68.2 Å². The normalized spacial score (nSPS) is 15.5. The van der Waals surface area contributed by atoms with Crippen LogP contribution in [0.4, 0.5) is 17.1 Å². The van der Waals surface area contributed by atoms with Gasteiger partial charge in [0.2, 0.25) is 0 Å². The van der Waals surface area contributed by atoms with Crippen molar-refractivity contribution in [3.63, 3.8) is 0 Å². The highest BCUT2D eigenvalue weighted by Crippen LogP contribution is 2.30. The molecule has 3 aromatic carbocycles. The Hall–Kier alpha value is -3.29. The molecule has 0 saturated carbocycles. The lowest BCUT2D eigenvalue weighted by atomic mass is 10.0. The molecule has 4 rings (SSSR count). The molecule has 0 unspecified atom stereocenters. The summed E-state index contributed by atoms with van der Waals surface area (Å²) >= 11 is 9.04. The zero-order chi connectivity index (χ0) is 22.8. The summed E-state index contributed by atoms with van der Waals surface area (Å²) in [6, 6.07) is 24.0. The molecule has 0 atom stereocenters. The van der Waals surface area contributed by atoms with Crippen LogP contribution in [0.5, 0.6) is 0 Å². The Morgan fingerprint density at radius 1 is 0.781 bits per heavy atom. The molecule has 160 valence electrons. The number of anilines is 3. The fraction of sp³-hybridized carbons (Fsp3) is 0.0800. The van der Waals surface area contributed by atoms with Gasteiger partial charge in [-0.1, -0.05) is 46.3 Å². The summed E-state index contributed by atoms with van der Waals surface area (Å²) in [7, 11) is 3.91. The van der Waals surface area contributed by atoms with Gasteiger partial charge in [-0.3, -0.25) is 19.4 Å². The van der Waals surface area contributed by atoms with Crippen LogP contribution in [0.3, 0.4) is 0 Å². The smallest absolute Gasteiger partial charge is 0.270 e. The van der Waals surface area contributed by atoms with Crippen LogP contribution in [-0.4, -0.2) is 31.0 Å². The highest BCUT2D eigenvalue weighted by Gasteiger charge is 2.41. The van der Waals surface area contributed by atoms with Crippen molar-refractivity contribution in [2.24, 2.45) is 0 Å². The number of rotatable bonds is 4. The summed E-state index contributed by atoms with van der Waals surface area (Å²) in [4.78, 5) is 31.7. The fourth-order valence-corrected chi connectivity index (χ4v) is 4.03. The number of benzene rings is 3. The predicted octanol–water partition coefficient (Wildman–Crippen LogP) is 5.26. The standard InChI is InChI=1S/C25H20BrN3O2S/c1-27(2)19-12-8-17(9-13-19)16-22-23(30)28(20-6-4-3-5-7-20)25(32)29(24(22)31)21-14-10-18(26)11-15-21/h3-16H,1-2H3/b22-16-. The van der Waals surface area contributed by atoms with Gasteiger partial charge in [0.15, 0.2) is 5.11 Å². The first-order valence-electron chi connectivity index (χ1n) is 9.89. The van der Waals surface area contributed by atoms with Crippen LogP contribution in [0.1, 0.15) is 5.56 Å². The van der Waals surface area contributed by atoms with Crippen molar-refractivity contribution in [3.8, 4) is 0 Å². The van der Waals surface area contributed by atoms with E-state index in [1.807, 2.05) is 73.6 Å². The first-order valence-corrected chi connectivity index (χ1v) is 11.1. The minimum atomic E-state index is -0.453. The number of nitrogens with zero attached hydrogens (tertiary/aromatic N) is 3. The van der Waals surface area contributed by atoms with E-state index in [2.05, 4.69) is 15.9 Å². The summed E-state index contributed by atoms with van der Waals surface area (Å²) in [6.45, 7) is 0. The predicted molar refractivity (Wildman–Crippen MR) is 137 cm³/mol. The van der Waals surface area contributed by atoms with Crippen LogP contribution in [0, 0.1) is 0 Å². The molecule has 0 spiro atoms. The Balaban J connectivity index is 1.82. The molecule has 2 amide bonds. The Labute approximate surface area is 200 Å². The Bertz CT molecular complexity index is 1210. The van der Waals surface area contributed by atoms with Gasteiger partial charge in [-0.25, -0.2) is 0 Å². The number of amides is 2. The highest BCUT2D eigenvalue weighted by molar-refractivity contribution is 9.10. The van der Waals surface area contributed by atoms with Gasteiger partial charge in [0, 0.05) is 24.3 Å². The number of carbonyl (C=O) groups excluding carboxylic acids is 2. The van der Waals surface area contributed by atoms with E-state index in [-0.39, 0.29) is 10.7 Å². The SMILES string of the molecule is CN(C)c1ccc(/C=C2/C(=O)N(c3ccccc3)C(=S)N(c3ccc(Br)cc3)C2=O)cc1. The average Bonchev–Trinajstić information content (AvgIpc) is 2.79. The van der Waals surface area contributed by atoms with Gasteiger partial charge in [-0.15, -0.1) is 0 Å². The maximum Gasteiger partial charge on any atom is 0.270 e. The fourth-order valence-electron chi connectivity index (χ4n) is 3.39. The van der Waals surface area contributed by atoms with E-state index in [0.29, 0.717) is 11.4 Å². The maximum absolute atomic E-state index is 13.5. The summed E-state index contributed by atoms with van der Waals surface area (Å²) in [5.41, 5.74) is 3.01. The van der Waals surface area contributed by atoms with Gasteiger partial charge >= 0.3 is 0 Å². The van der Waals surface area contributed by atoms with E-state index < -0.39 is 11.8 Å². The van der Waals surface area contributed by atoms with Gasteiger partial charge in [0.1, 0.15) is 5.57 Å². The molecule has 7 heteroatoms. The molecule has 0 radical (unpaired) electrons. The summed E-state index contributed by atoms with van der Waals surface area (Å²) < 4.78 is 0.879. The second-order valence-electron chi connectivity index (χ2n) is 7.42. The first kappa shape index (κ1) is 21.9. The zero-order valence-corrected chi connectivity index (χ0v) is 19.9. The highest BCUT2D eigenvalue weighted by atomic mass is 79.9. The molecule has 5 nitrogen and oxygen atoms in total. The quantitative estimate of drug-likeness (QED) is 0.275. The monoisotopic (exact) mass is 505 g/mol. The first-order chi connectivity index (χ1) is 15.4. The van der Waals surface area contributed by atoms with Crippen LogP contribution in [0.15, 0.2) is 88.9 Å². The number of halogens is 1. The van der Waals surface area contributed by atoms with Crippen molar-refractivity contribution < 1.29 is 9.59 Å². The molecule has 1 heterocycles. The molecule has 32 heavy (non-hydrogen) atoms. The molecule has 1 fully saturated rings. The molecule has 0 N–H and O–H groups in total. The Kier molecular flexibility index (Phi) is 6.21. The lowest BCUT2D eigenvalue weighted by Gasteiger charge is -2.36. The zero-order valence-electron chi connectivity index (χ0n) is 17.5. The Morgan fingerprint density at radius 3 is 1.84 bits per heavy atom. The van der Waals surface area contributed by atoms with E-state index >= 15 is 0 Å². The third-order valence-corrected chi connectivity index (χ3v) is 5.96. The third-order valence-electron chi connectivity index (χ3n) is 5.07. The lowest BCUT2D eigenvalue weighted by Crippen LogP contribution is -2.56. The number of carbonyl (C=O) groups is 2. The van der Waals surface area contributed by atoms with Crippen LogP contribution in [0.2, 0.25) is 0 Å². The molecular weight excluding hydrogens is 486 g/mol. The van der Waals surface area contributed by atoms with E-state index in [9.17, 15) is 9.59 Å². The molecule has 0 aliphatic carbocycles. The van der Waals surface area contributed by atoms with Gasteiger partial charge in [-0.2, -0.15) is 0 Å². The average molecular weight is 506 g/mol. The van der Waals surface area contributed by atoms with Gasteiger partial charge < -0.3 is 4.90 Å².